The van der Waals surface area contributed by atoms with Gasteiger partial charge < -0.3 is 0 Å². The molecule has 0 aliphatic carbocycles. The van der Waals surface area contributed by atoms with Crippen LogP contribution in [0.1, 0.15) is 18.0 Å². The Morgan fingerprint density at radius 1 is 1.39 bits per heavy atom. The summed E-state index contributed by atoms with van der Waals surface area (Å²) in [7, 11) is 0. The molecule has 5 nitrogen and oxygen atoms in total. The average molecular weight is 251 g/mol. The summed E-state index contributed by atoms with van der Waals surface area (Å²) >= 11 is 0. The molecule has 0 heterocycles. The molecule has 0 spiro atoms. The zero-order valence-electron chi connectivity index (χ0n) is 9.48. The Balaban J connectivity index is 2.60. The largest absolute Gasteiger partial charge is 0.298 e. The second-order valence-corrected chi connectivity index (χ2v) is 3.53. The molecular weight excluding hydrogens is 240 g/mol. The molecule has 0 aliphatic rings. The van der Waals surface area contributed by atoms with Gasteiger partial charge in [0.1, 0.15) is 17.7 Å². The van der Waals surface area contributed by atoms with Crippen molar-refractivity contribution in [2.75, 3.05) is 13.1 Å². The Morgan fingerprint density at radius 2 is 2.06 bits per heavy atom. The SMILES string of the molecule is N#CC(NCCCN=[N+]=[N-])c1cc(F)cc(F)c1. The van der Waals surface area contributed by atoms with E-state index in [1.807, 2.05) is 6.07 Å². The van der Waals surface area contributed by atoms with E-state index in [0.717, 1.165) is 18.2 Å². The van der Waals surface area contributed by atoms with Gasteiger partial charge in [0.15, 0.2) is 0 Å². The van der Waals surface area contributed by atoms with Gasteiger partial charge in [0.2, 0.25) is 0 Å². The number of hydrogen-bond donors (Lipinski definition) is 1. The van der Waals surface area contributed by atoms with Crippen LogP contribution in [-0.4, -0.2) is 13.1 Å². The highest BCUT2D eigenvalue weighted by molar-refractivity contribution is 5.25. The third kappa shape index (κ3) is 4.37. The van der Waals surface area contributed by atoms with Crippen LogP contribution in [0.5, 0.6) is 0 Å². The summed E-state index contributed by atoms with van der Waals surface area (Å²) in [5, 5.41) is 15.1. The molecule has 0 radical (unpaired) electrons. The van der Waals surface area contributed by atoms with E-state index in [2.05, 4.69) is 15.3 Å². The Hall–Kier alpha value is -2.16. The van der Waals surface area contributed by atoms with Gasteiger partial charge in [-0.25, -0.2) is 8.78 Å². The standard InChI is InChI=1S/C11H11F2N5/c12-9-4-8(5-10(13)6-9)11(7-14)16-2-1-3-17-18-15/h4-6,11,16H,1-3H2. The van der Waals surface area contributed by atoms with E-state index in [1.165, 1.54) is 0 Å². The van der Waals surface area contributed by atoms with E-state index in [9.17, 15) is 8.78 Å². The lowest BCUT2D eigenvalue weighted by Gasteiger charge is -2.11. The fraction of sp³-hybridized carbons (Fsp3) is 0.364. The minimum atomic E-state index is -0.790. The van der Waals surface area contributed by atoms with Gasteiger partial charge in [0.05, 0.1) is 6.07 Å². The van der Waals surface area contributed by atoms with Gasteiger partial charge in [0, 0.05) is 17.5 Å². The quantitative estimate of drug-likeness (QED) is 0.365. The molecule has 0 aliphatic heterocycles. The zero-order chi connectivity index (χ0) is 13.4. The molecular formula is C11H11F2N5. The van der Waals surface area contributed by atoms with Crippen molar-refractivity contribution in [1.29, 1.82) is 5.26 Å². The minimum absolute atomic E-state index is 0.235. The van der Waals surface area contributed by atoms with Crippen molar-refractivity contribution >= 4 is 0 Å². The van der Waals surface area contributed by atoms with Crippen LogP contribution in [0.2, 0.25) is 0 Å². The third-order valence-corrected chi connectivity index (χ3v) is 2.19. The van der Waals surface area contributed by atoms with E-state index in [-0.39, 0.29) is 5.56 Å². The second kappa shape index (κ2) is 7.22. The second-order valence-electron chi connectivity index (χ2n) is 3.53. The van der Waals surface area contributed by atoms with Crippen LogP contribution in [-0.2, 0) is 0 Å². The summed E-state index contributed by atoms with van der Waals surface area (Å²) in [5.41, 5.74) is 8.30. The van der Waals surface area contributed by atoms with Crippen molar-refractivity contribution in [3.8, 4) is 6.07 Å². The summed E-state index contributed by atoms with van der Waals surface area (Å²) in [4.78, 5) is 2.59. The van der Waals surface area contributed by atoms with Crippen molar-refractivity contribution < 1.29 is 8.78 Å². The first-order valence-corrected chi connectivity index (χ1v) is 5.27. The van der Waals surface area contributed by atoms with E-state index >= 15 is 0 Å². The Bertz CT molecular complexity index is 470. The molecule has 1 rings (SSSR count). The highest BCUT2D eigenvalue weighted by Crippen LogP contribution is 2.15. The molecule has 0 saturated carbocycles. The van der Waals surface area contributed by atoms with E-state index < -0.39 is 17.7 Å². The molecule has 1 unspecified atom stereocenters. The van der Waals surface area contributed by atoms with Crippen LogP contribution < -0.4 is 5.32 Å². The minimum Gasteiger partial charge on any atom is -0.298 e. The summed E-state index contributed by atoms with van der Waals surface area (Å²) in [6.07, 6.45) is 0.542. The maximum atomic E-state index is 13.0. The highest BCUT2D eigenvalue weighted by atomic mass is 19.1. The van der Waals surface area contributed by atoms with Gasteiger partial charge >= 0.3 is 0 Å². The van der Waals surface area contributed by atoms with Crippen LogP contribution in [0.25, 0.3) is 10.4 Å². The molecule has 1 atom stereocenters. The summed E-state index contributed by atoms with van der Waals surface area (Å²) in [6, 6.07) is 4.09. The molecule has 1 aromatic rings. The first-order chi connectivity index (χ1) is 8.67. The molecule has 0 fully saturated rings. The number of nitriles is 1. The molecule has 1 N–H and O–H groups in total. The molecule has 0 bridgehead atoms. The fourth-order valence-corrected chi connectivity index (χ4v) is 1.42. The van der Waals surface area contributed by atoms with Gasteiger partial charge in [-0.05, 0) is 36.2 Å². The van der Waals surface area contributed by atoms with E-state index in [4.69, 9.17) is 10.8 Å². The summed E-state index contributed by atoms with van der Waals surface area (Å²) in [6.45, 7) is 0.717. The fourth-order valence-electron chi connectivity index (χ4n) is 1.42. The number of hydrogen-bond acceptors (Lipinski definition) is 3. The Kier molecular flexibility index (Phi) is 5.58. The molecule has 0 saturated heterocycles. The Labute approximate surface area is 103 Å². The van der Waals surface area contributed by atoms with Gasteiger partial charge in [-0.15, -0.1) is 0 Å². The van der Waals surface area contributed by atoms with Crippen molar-refractivity contribution in [3.05, 3.63) is 45.8 Å². The first kappa shape index (κ1) is 13.9. The normalized spacial score (nSPS) is 11.4. The van der Waals surface area contributed by atoms with Crippen molar-refractivity contribution in [2.24, 2.45) is 5.11 Å². The molecule has 94 valence electrons. The summed E-state index contributed by atoms with van der Waals surface area (Å²) in [5.74, 6) is -1.44. The van der Waals surface area contributed by atoms with E-state index in [1.54, 1.807) is 0 Å². The van der Waals surface area contributed by atoms with Crippen molar-refractivity contribution in [1.82, 2.24) is 5.32 Å². The van der Waals surface area contributed by atoms with Crippen LogP contribution in [0.15, 0.2) is 23.3 Å². The highest BCUT2D eigenvalue weighted by Gasteiger charge is 2.11. The molecule has 0 amide bonds. The smallest absolute Gasteiger partial charge is 0.126 e. The molecule has 0 aromatic heterocycles. The maximum Gasteiger partial charge on any atom is 0.126 e. The van der Waals surface area contributed by atoms with E-state index in [0.29, 0.717) is 19.5 Å². The predicted octanol–water partition coefficient (Wildman–Crippen LogP) is 2.82. The average Bonchev–Trinajstić information content (AvgIpc) is 2.32. The van der Waals surface area contributed by atoms with Crippen LogP contribution in [0.3, 0.4) is 0 Å². The third-order valence-electron chi connectivity index (χ3n) is 2.19. The lowest BCUT2D eigenvalue weighted by atomic mass is 10.1. The molecule has 18 heavy (non-hydrogen) atoms. The maximum absolute atomic E-state index is 13.0. The Morgan fingerprint density at radius 3 is 2.61 bits per heavy atom. The van der Waals surface area contributed by atoms with Gasteiger partial charge in [-0.2, -0.15) is 5.26 Å². The topological polar surface area (TPSA) is 84.6 Å². The zero-order valence-corrected chi connectivity index (χ0v) is 9.48. The van der Waals surface area contributed by atoms with Crippen LogP contribution in [0, 0.1) is 23.0 Å². The summed E-state index contributed by atoms with van der Waals surface area (Å²) < 4.78 is 26.0. The first-order valence-electron chi connectivity index (χ1n) is 5.27. The monoisotopic (exact) mass is 251 g/mol. The number of nitrogens with zero attached hydrogens (tertiary/aromatic N) is 4. The van der Waals surface area contributed by atoms with Gasteiger partial charge in [-0.1, -0.05) is 5.11 Å². The lowest BCUT2D eigenvalue weighted by molar-refractivity contribution is 0.563. The predicted molar refractivity (Wildman–Crippen MR) is 61.3 cm³/mol. The lowest BCUT2D eigenvalue weighted by Crippen LogP contribution is -2.21. The number of benzene rings is 1. The van der Waals surface area contributed by atoms with Crippen molar-refractivity contribution in [3.63, 3.8) is 0 Å². The molecule has 1 aromatic carbocycles. The van der Waals surface area contributed by atoms with Gasteiger partial charge in [-0.3, -0.25) is 5.32 Å². The number of nitrogens with one attached hydrogen (secondary N) is 1. The number of halogens is 2. The number of rotatable bonds is 6. The van der Waals surface area contributed by atoms with Crippen LogP contribution in [0.4, 0.5) is 8.78 Å². The number of azide groups is 1. The van der Waals surface area contributed by atoms with Crippen LogP contribution >= 0.6 is 0 Å². The van der Waals surface area contributed by atoms with Crippen molar-refractivity contribution in [2.45, 2.75) is 12.5 Å². The van der Waals surface area contributed by atoms with Gasteiger partial charge in [0.25, 0.3) is 0 Å². The molecule has 7 heteroatoms.